The topological polar surface area (TPSA) is 68.2 Å². The standard InChI is InChI=1S/C6H8N2O2/c1-4-3-8(10)6(9)2-5(4)7/h2-3,10H,7H2,1H3. The second kappa shape index (κ2) is 2.06. The monoisotopic (exact) mass is 140 g/mol. The number of anilines is 1. The van der Waals surface area contributed by atoms with Crippen LogP contribution in [0.1, 0.15) is 5.56 Å². The summed E-state index contributed by atoms with van der Waals surface area (Å²) in [5.74, 6) is 0. The summed E-state index contributed by atoms with van der Waals surface area (Å²) in [5, 5.41) is 8.77. The average molecular weight is 140 g/mol. The molecule has 4 nitrogen and oxygen atoms in total. The molecular formula is C6H8N2O2. The maximum absolute atomic E-state index is 10.6. The van der Waals surface area contributed by atoms with Gasteiger partial charge in [0.05, 0.1) is 6.20 Å². The molecule has 0 radical (unpaired) electrons. The molecule has 0 amide bonds. The van der Waals surface area contributed by atoms with Crippen LogP contribution in [-0.2, 0) is 0 Å². The fourth-order valence-electron chi connectivity index (χ4n) is 0.635. The number of hydrogen-bond donors (Lipinski definition) is 2. The highest BCUT2D eigenvalue weighted by atomic mass is 16.5. The van der Waals surface area contributed by atoms with Gasteiger partial charge in [0.2, 0.25) is 0 Å². The summed E-state index contributed by atoms with van der Waals surface area (Å²) < 4.78 is 0.506. The first kappa shape index (κ1) is 6.67. The van der Waals surface area contributed by atoms with E-state index < -0.39 is 5.56 Å². The number of nitrogens with zero attached hydrogens (tertiary/aromatic N) is 1. The number of nitrogens with two attached hydrogens (primary N) is 1. The summed E-state index contributed by atoms with van der Waals surface area (Å²) in [6.45, 7) is 1.71. The van der Waals surface area contributed by atoms with E-state index in [0.29, 0.717) is 16.0 Å². The van der Waals surface area contributed by atoms with E-state index in [9.17, 15) is 4.79 Å². The molecule has 1 aromatic rings. The smallest absolute Gasteiger partial charge is 0.284 e. The number of hydrogen-bond acceptors (Lipinski definition) is 3. The summed E-state index contributed by atoms with van der Waals surface area (Å²) in [6.07, 6.45) is 1.28. The molecule has 1 heterocycles. The van der Waals surface area contributed by atoms with E-state index in [4.69, 9.17) is 10.9 Å². The number of aryl methyl sites for hydroxylation is 1. The summed E-state index contributed by atoms with van der Waals surface area (Å²) in [5.41, 5.74) is 5.94. The Morgan fingerprint density at radius 2 is 2.30 bits per heavy atom. The average Bonchev–Trinajstić information content (AvgIpc) is 1.84. The second-order valence-electron chi connectivity index (χ2n) is 2.09. The van der Waals surface area contributed by atoms with E-state index in [2.05, 4.69) is 0 Å². The number of rotatable bonds is 0. The Morgan fingerprint density at radius 1 is 1.70 bits per heavy atom. The lowest BCUT2D eigenvalue weighted by molar-refractivity contribution is 0.174. The molecule has 0 fully saturated rings. The van der Waals surface area contributed by atoms with E-state index in [1.165, 1.54) is 12.3 Å². The van der Waals surface area contributed by atoms with Crippen molar-refractivity contribution in [3.63, 3.8) is 0 Å². The van der Waals surface area contributed by atoms with E-state index in [0.717, 1.165) is 0 Å². The van der Waals surface area contributed by atoms with Crippen molar-refractivity contribution in [1.29, 1.82) is 0 Å². The molecule has 0 aliphatic rings. The minimum absolute atomic E-state index is 0.398. The Labute approximate surface area is 57.5 Å². The third kappa shape index (κ3) is 0.953. The van der Waals surface area contributed by atoms with Crippen LogP contribution in [0.15, 0.2) is 17.1 Å². The molecule has 0 spiro atoms. The fraction of sp³-hybridized carbons (Fsp3) is 0.167. The van der Waals surface area contributed by atoms with Gasteiger partial charge in [-0.1, -0.05) is 0 Å². The van der Waals surface area contributed by atoms with E-state index in [-0.39, 0.29) is 0 Å². The van der Waals surface area contributed by atoms with Gasteiger partial charge in [0.1, 0.15) is 0 Å². The van der Waals surface area contributed by atoms with Crippen LogP contribution < -0.4 is 11.3 Å². The molecule has 0 bridgehead atoms. The Morgan fingerprint density at radius 3 is 2.80 bits per heavy atom. The molecule has 3 N–H and O–H groups in total. The lowest BCUT2D eigenvalue weighted by Gasteiger charge is -1.99. The van der Waals surface area contributed by atoms with Crippen LogP contribution in [0, 0.1) is 6.92 Å². The first-order valence-corrected chi connectivity index (χ1v) is 2.79. The molecule has 54 valence electrons. The van der Waals surface area contributed by atoms with E-state index in [1.807, 2.05) is 0 Å². The minimum atomic E-state index is -0.511. The lowest BCUT2D eigenvalue weighted by atomic mass is 10.3. The molecule has 0 aliphatic heterocycles. The largest absolute Gasteiger partial charge is 0.425 e. The first-order chi connectivity index (χ1) is 4.61. The molecule has 10 heavy (non-hydrogen) atoms. The fourth-order valence-corrected chi connectivity index (χ4v) is 0.635. The van der Waals surface area contributed by atoms with E-state index >= 15 is 0 Å². The lowest BCUT2D eigenvalue weighted by Crippen LogP contribution is -2.17. The molecule has 0 aliphatic carbocycles. The molecule has 0 unspecified atom stereocenters. The maximum atomic E-state index is 10.6. The van der Waals surface area contributed by atoms with Gasteiger partial charge in [0.25, 0.3) is 5.56 Å². The summed E-state index contributed by atoms with van der Waals surface area (Å²) in [6, 6.07) is 1.18. The molecule has 4 heteroatoms. The van der Waals surface area contributed by atoms with Crippen LogP contribution in [0.5, 0.6) is 0 Å². The molecule has 0 saturated carbocycles. The van der Waals surface area contributed by atoms with Crippen molar-refractivity contribution in [3.8, 4) is 0 Å². The van der Waals surface area contributed by atoms with Gasteiger partial charge in [-0.05, 0) is 12.5 Å². The normalized spacial score (nSPS) is 9.70. The second-order valence-corrected chi connectivity index (χ2v) is 2.09. The summed E-state index contributed by atoms with van der Waals surface area (Å²) in [4.78, 5) is 10.6. The van der Waals surface area contributed by atoms with Crippen LogP contribution >= 0.6 is 0 Å². The number of pyridine rings is 1. The quantitative estimate of drug-likeness (QED) is 0.497. The maximum Gasteiger partial charge on any atom is 0.284 e. The summed E-state index contributed by atoms with van der Waals surface area (Å²) >= 11 is 0. The Bertz CT molecular complexity index is 303. The first-order valence-electron chi connectivity index (χ1n) is 2.79. The highest BCUT2D eigenvalue weighted by Crippen LogP contribution is 2.03. The van der Waals surface area contributed by atoms with Gasteiger partial charge in [-0.15, -0.1) is 0 Å². The molecule has 1 aromatic heterocycles. The Hall–Kier alpha value is -1.45. The van der Waals surface area contributed by atoms with Gasteiger partial charge in [0, 0.05) is 11.8 Å². The van der Waals surface area contributed by atoms with Gasteiger partial charge in [0.15, 0.2) is 0 Å². The Balaban J connectivity index is 3.43. The van der Waals surface area contributed by atoms with Crippen molar-refractivity contribution in [2.75, 3.05) is 5.73 Å². The number of nitrogen functional groups attached to an aromatic ring is 1. The van der Waals surface area contributed by atoms with Crippen molar-refractivity contribution >= 4 is 5.69 Å². The van der Waals surface area contributed by atoms with Gasteiger partial charge in [-0.3, -0.25) is 4.79 Å². The molecule has 1 rings (SSSR count). The molecule has 0 saturated heterocycles. The van der Waals surface area contributed by atoms with Crippen molar-refractivity contribution in [3.05, 3.63) is 28.2 Å². The zero-order chi connectivity index (χ0) is 7.72. The molecule has 0 aromatic carbocycles. The van der Waals surface area contributed by atoms with Crippen molar-refractivity contribution in [2.45, 2.75) is 6.92 Å². The molecule has 0 atom stereocenters. The van der Waals surface area contributed by atoms with Crippen LogP contribution in [0.3, 0.4) is 0 Å². The van der Waals surface area contributed by atoms with Crippen molar-refractivity contribution in [2.24, 2.45) is 0 Å². The summed E-state index contributed by atoms with van der Waals surface area (Å²) in [7, 11) is 0. The number of aromatic nitrogens is 1. The van der Waals surface area contributed by atoms with E-state index in [1.54, 1.807) is 6.92 Å². The van der Waals surface area contributed by atoms with Crippen molar-refractivity contribution in [1.82, 2.24) is 4.73 Å². The zero-order valence-electron chi connectivity index (χ0n) is 5.53. The minimum Gasteiger partial charge on any atom is -0.425 e. The predicted molar refractivity (Wildman–Crippen MR) is 37.0 cm³/mol. The SMILES string of the molecule is Cc1cn(O)c(=O)cc1N. The van der Waals surface area contributed by atoms with Gasteiger partial charge in [-0.25, -0.2) is 0 Å². The molecular weight excluding hydrogens is 132 g/mol. The van der Waals surface area contributed by atoms with Crippen LogP contribution in [0.4, 0.5) is 5.69 Å². The zero-order valence-corrected chi connectivity index (χ0v) is 5.53. The van der Waals surface area contributed by atoms with Gasteiger partial charge < -0.3 is 10.9 Å². The van der Waals surface area contributed by atoms with Gasteiger partial charge in [-0.2, -0.15) is 4.73 Å². The van der Waals surface area contributed by atoms with Crippen LogP contribution in [0.2, 0.25) is 0 Å². The predicted octanol–water partition coefficient (Wildman–Crippen LogP) is -0.0238. The third-order valence-corrected chi connectivity index (χ3v) is 1.28. The van der Waals surface area contributed by atoms with Crippen molar-refractivity contribution < 1.29 is 5.21 Å². The van der Waals surface area contributed by atoms with Crippen LogP contribution in [-0.4, -0.2) is 9.94 Å². The van der Waals surface area contributed by atoms with Crippen LogP contribution in [0.25, 0.3) is 0 Å². The highest BCUT2D eigenvalue weighted by Gasteiger charge is 1.96. The highest BCUT2D eigenvalue weighted by molar-refractivity contribution is 5.43. The third-order valence-electron chi connectivity index (χ3n) is 1.28. The van der Waals surface area contributed by atoms with Gasteiger partial charge >= 0.3 is 0 Å². The Kier molecular flexibility index (Phi) is 1.37.